The molecule has 3 aliphatic rings. The molecule has 1 N–H and O–H groups in total. The molecule has 25 heavy (non-hydrogen) atoms. The van der Waals surface area contributed by atoms with E-state index in [0.29, 0.717) is 30.4 Å². The molecule has 3 heterocycles. The van der Waals surface area contributed by atoms with Crippen LogP contribution in [0.5, 0.6) is 0 Å². The van der Waals surface area contributed by atoms with Gasteiger partial charge in [0.05, 0.1) is 0 Å². The lowest BCUT2D eigenvalue weighted by molar-refractivity contribution is -0.137. The number of carbonyl (C=O) groups is 1. The van der Waals surface area contributed by atoms with Gasteiger partial charge in [-0.1, -0.05) is 0 Å². The normalized spacial score (nSPS) is 27.3. The summed E-state index contributed by atoms with van der Waals surface area (Å²) in [5, 5.41) is 8.99. The zero-order valence-electron chi connectivity index (χ0n) is 14.2. The lowest BCUT2D eigenvalue weighted by Gasteiger charge is -2.39. The Kier molecular flexibility index (Phi) is 3.81. The second-order valence-corrected chi connectivity index (χ2v) is 7.41. The predicted octanol–water partition coefficient (Wildman–Crippen LogP) is 2.41. The molecule has 0 unspecified atom stereocenters. The third kappa shape index (κ3) is 2.81. The Morgan fingerprint density at radius 1 is 1.32 bits per heavy atom. The van der Waals surface area contributed by atoms with Gasteiger partial charge in [-0.05, 0) is 32.1 Å². The van der Waals surface area contributed by atoms with Crippen LogP contribution < -0.4 is 9.80 Å². The van der Waals surface area contributed by atoms with Gasteiger partial charge in [0.25, 0.3) is 5.92 Å². The molecule has 1 aliphatic carbocycles. The molecule has 0 spiro atoms. The van der Waals surface area contributed by atoms with Crippen molar-refractivity contribution in [2.75, 3.05) is 29.4 Å². The van der Waals surface area contributed by atoms with E-state index in [-0.39, 0.29) is 36.9 Å². The van der Waals surface area contributed by atoms with Gasteiger partial charge in [-0.15, -0.1) is 0 Å². The van der Waals surface area contributed by atoms with Gasteiger partial charge in [0.15, 0.2) is 0 Å². The number of rotatable bonds is 4. The van der Waals surface area contributed by atoms with E-state index in [1.807, 2.05) is 16.7 Å². The fourth-order valence-electron chi connectivity index (χ4n) is 4.04. The van der Waals surface area contributed by atoms with Crippen LogP contribution in [0.2, 0.25) is 0 Å². The van der Waals surface area contributed by atoms with Crippen molar-refractivity contribution >= 4 is 17.7 Å². The van der Waals surface area contributed by atoms with Crippen LogP contribution in [-0.2, 0) is 17.1 Å². The standard InChI is InChI=1S/C17H22F2N4O2/c1-10-3-7-23(10)16-20-14-12(2-5-17(14,18)19)15(21-16)22-6-4-11(9-22)8-13(24)25/h10-11H,2-9H2,1H3,(H,24,25)/t10-,11-/m0/s1. The fourth-order valence-corrected chi connectivity index (χ4v) is 4.04. The summed E-state index contributed by atoms with van der Waals surface area (Å²) in [7, 11) is 0. The third-order valence-electron chi connectivity index (χ3n) is 5.63. The zero-order chi connectivity index (χ0) is 17.8. The minimum absolute atomic E-state index is 0.0383. The lowest BCUT2D eigenvalue weighted by atomic mass is 10.1. The minimum atomic E-state index is -2.91. The van der Waals surface area contributed by atoms with E-state index < -0.39 is 11.9 Å². The summed E-state index contributed by atoms with van der Waals surface area (Å²) < 4.78 is 28.6. The van der Waals surface area contributed by atoms with Gasteiger partial charge in [0, 0.05) is 44.1 Å². The van der Waals surface area contributed by atoms with Gasteiger partial charge in [0.1, 0.15) is 11.5 Å². The first kappa shape index (κ1) is 16.5. The third-order valence-corrected chi connectivity index (χ3v) is 5.63. The summed E-state index contributed by atoms with van der Waals surface area (Å²) in [6.45, 7) is 4.03. The number of aliphatic carboxylic acids is 1. The zero-order valence-corrected chi connectivity index (χ0v) is 14.2. The number of fused-ring (bicyclic) bond motifs is 1. The summed E-state index contributed by atoms with van der Waals surface area (Å²) in [6.07, 6.45) is 1.91. The molecule has 0 bridgehead atoms. The number of carboxylic acids is 1. The smallest absolute Gasteiger partial charge is 0.303 e. The Morgan fingerprint density at radius 3 is 2.76 bits per heavy atom. The maximum absolute atomic E-state index is 14.3. The fraction of sp³-hybridized carbons (Fsp3) is 0.706. The molecule has 4 rings (SSSR count). The Bertz CT molecular complexity index is 712. The summed E-state index contributed by atoms with van der Waals surface area (Å²) in [4.78, 5) is 23.7. The molecule has 1 aromatic rings. The van der Waals surface area contributed by atoms with E-state index in [1.165, 1.54) is 0 Å². The summed E-state index contributed by atoms with van der Waals surface area (Å²) >= 11 is 0. The molecule has 2 fully saturated rings. The summed E-state index contributed by atoms with van der Waals surface area (Å²) in [5.74, 6) is -2.71. The average Bonchev–Trinajstić information content (AvgIpc) is 3.10. The van der Waals surface area contributed by atoms with E-state index >= 15 is 0 Å². The van der Waals surface area contributed by atoms with Gasteiger partial charge in [-0.2, -0.15) is 13.8 Å². The van der Waals surface area contributed by atoms with Crippen LogP contribution in [0.4, 0.5) is 20.5 Å². The van der Waals surface area contributed by atoms with E-state index in [2.05, 4.69) is 9.97 Å². The highest BCUT2D eigenvalue weighted by Gasteiger charge is 2.45. The highest BCUT2D eigenvalue weighted by Crippen LogP contribution is 2.45. The molecule has 1 aromatic heterocycles. The number of hydrogen-bond acceptors (Lipinski definition) is 5. The highest BCUT2D eigenvalue weighted by atomic mass is 19.3. The number of anilines is 2. The topological polar surface area (TPSA) is 69.6 Å². The Morgan fingerprint density at radius 2 is 2.12 bits per heavy atom. The van der Waals surface area contributed by atoms with Crippen LogP contribution in [-0.4, -0.2) is 46.7 Å². The summed E-state index contributed by atoms with van der Waals surface area (Å²) in [5.41, 5.74) is 0.409. The van der Waals surface area contributed by atoms with Crippen LogP contribution in [0.1, 0.15) is 43.9 Å². The SMILES string of the molecule is C[C@H]1CCN1c1nc(N2CC[C@@H](CC(=O)O)C2)c2c(n1)C(F)(F)CC2. The molecule has 136 valence electrons. The van der Waals surface area contributed by atoms with Crippen molar-refractivity contribution in [3.63, 3.8) is 0 Å². The first-order valence-corrected chi connectivity index (χ1v) is 8.88. The van der Waals surface area contributed by atoms with Crippen LogP contribution >= 0.6 is 0 Å². The van der Waals surface area contributed by atoms with E-state index in [4.69, 9.17) is 5.11 Å². The lowest BCUT2D eigenvalue weighted by Crippen LogP contribution is -2.47. The number of hydrogen-bond donors (Lipinski definition) is 1. The van der Waals surface area contributed by atoms with Crippen LogP contribution in [0.25, 0.3) is 0 Å². The Hall–Kier alpha value is -1.99. The van der Waals surface area contributed by atoms with E-state index in [0.717, 1.165) is 19.4 Å². The second-order valence-electron chi connectivity index (χ2n) is 7.41. The van der Waals surface area contributed by atoms with Crippen molar-refractivity contribution in [1.29, 1.82) is 0 Å². The van der Waals surface area contributed by atoms with Crippen LogP contribution in [0.3, 0.4) is 0 Å². The van der Waals surface area contributed by atoms with Gasteiger partial charge in [-0.3, -0.25) is 4.79 Å². The molecule has 0 aromatic carbocycles. The second kappa shape index (κ2) is 5.78. The number of alkyl halides is 2. The molecule has 0 saturated carbocycles. The summed E-state index contributed by atoms with van der Waals surface area (Å²) in [6, 6.07) is 0.263. The van der Waals surface area contributed by atoms with Crippen molar-refractivity contribution in [3.05, 3.63) is 11.3 Å². The van der Waals surface area contributed by atoms with Gasteiger partial charge in [-0.25, -0.2) is 4.98 Å². The molecular formula is C17H22F2N4O2. The molecule has 8 heteroatoms. The highest BCUT2D eigenvalue weighted by molar-refractivity contribution is 5.67. The molecule has 0 amide bonds. The van der Waals surface area contributed by atoms with E-state index in [9.17, 15) is 13.6 Å². The maximum atomic E-state index is 14.3. The van der Waals surface area contributed by atoms with Crippen molar-refractivity contribution in [1.82, 2.24) is 9.97 Å². The Labute approximate surface area is 144 Å². The van der Waals surface area contributed by atoms with Crippen molar-refractivity contribution in [2.24, 2.45) is 5.92 Å². The van der Waals surface area contributed by atoms with Crippen molar-refractivity contribution in [2.45, 2.75) is 51.0 Å². The number of carboxylic acid groups (broad SMARTS) is 1. The molecule has 6 nitrogen and oxygen atoms in total. The van der Waals surface area contributed by atoms with Gasteiger partial charge >= 0.3 is 5.97 Å². The maximum Gasteiger partial charge on any atom is 0.303 e. The molecule has 0 radical (unpaired) electrons. The number of aromatic nitrogens is 2. The van der Waals surface area contributed by atoms with Crippen molar-refractivity contribution < 1.29 is 18.7 Å². The Balaban J connectivity index is 1.68. The number of halogens is 2. The van der Waals surface area contributed by atoms with Crippen molar-refractivity contribution in [3.8, 4) is 0 Å². The molecule has 2 aliphatic heterocycles. The minimum Gasteiger partial charge on any atom is -0.481 e. The van der Waals surface area contributed by atoms with Gasteiger partial charge in [0.2, 0.25) is 5.95 Å². The molecule has 2 saturated heterocycles. The molecular weight excluding hydrogens is 330 g/mol. The van der Waals surface area contributed by atoms with Gasteiger partial charge < -0.3 is 14.9 Å². The molecule has 2 atom stereocenters. The quantitative estimate of drug-likeness (QED) is 0.897. The van der Waals surface area contributed by atoms with E-state index in [1.54, 1.807) is 0 Å². The van der Waals surface area contributed by atoms with Crippen LogP contribution in [0.15, 0.2) is 0 Å². The van der Waals surface area contributed by atoms with Crippen LogP contribution in [0, 0.1) is 5.92 Å². The largest absolute Gasteiger partial charge is 0.481 e. The monoisotopic (exact) mass is 352 g/mol. The number of nitrogens with zero attached hydrogens (tertiary/aromatic N) is 4. The predicted molar refractivity (Wildman–Crippen MR) is 88.2 cm³/mol. The first-order chi connectivity index (χ1) is 11.8. The first-order valence-electron chi connectivity index (χ1n) is 8.88. The average molecular weight is 352 g/mol.